The molecule has 0 amide bonds. The number of benzene rings is 2. The van der Waals surface area contributed by atoms with Gasteiger partial charge in [-0.1, -0.05) is 0 Å². The average molecular weight is 439 g/mol. The van der Waals surface area contributed by atoms with E-state index in [1.165, 1.54) is 7.11 Å². The zero-order chi connectivity index (χ0) is 20.0. The molecule has 2 aromatic carbocycles. The van der Waals surface area contributed by atoms with Crippen molar-refractivity contribution in [1.29, 1.82) is 5.26 Å². The summed E-state index contributed by atoms with van der Waals surface area (Å²) in [5, 5.41) is 11.1. The third-order valence-corrected chi connectivity index (χ3v) is 5.36. The maximum absolute atomic E-state index is 12.6. The third kappa shape index (κ3) is 2.57. The van der Waals surface area contributed by atoms with Crippen LogP contribution in [0.2, 0.25) is 0 Å². The van der Waals surface area contributed by atoms with Gasteiger partial charge in [0.05, 0.1) is 24.2 Å². The van der Waals surface area contributed by atoms with Crippen LogP contribution in [-0.4, -0.2) is 18.8 Å². The molecule has 0 fully saturated rings. The predicted octanol–water partition coefficient (Wildman–Crippen LogP) is 4.60. The molecule has 0 aliphatic heterocycles. The molecule has 0 atom stereocenters. The highest BCUT2D eigenvalue weighted by molar-refractivity contribution is 9.10. The second-order valence-corrected chi connectivity index (χ2v) is 7.10. The Bertz CT molecular complexity index is 1350. The summed E-state index contributed by atoms with van der Waals surface area (Å²) in [5.41, 5.74) is 1.80. The maximum Gasteiger partial charge on any atom is 0.354 e. The lowest BCUT2D eigenvalue weighted by Crippen LogP contribution is -2.07. The lowest BCUT2D eigenvalue weighted by molar-refractivity contribution is 0.353. The van der Waals surface area contributed by atoms with Crippen molar-refractivity contribution in [3.8, 4) is 28.7 Å². The van der Waals surface area contributed by atoms with Crippen molar-refractivity contribution in [3.05, 3.63) is 57.0 Å². The number of ether oxygens (including phenoxy) is 2. The molecule has 0 aliphatic carbocycles. The van der Waals surface area contributed by atoms with E-state index >= 15 is 0 Å². The van der Waals surface area contributed by atoms with E-state index < -0.39 is 5.63 Å². The van der Waals surface area contributed by atoms with Gasteiger partial charge in [0.15, 0.2) is 11.5 Å². The van der Waals surface area contributed by atoms with Crippen molar-refractivity contribution in [3.63, 3.8) is 0 Å². The van der Waals surface area contributed by atoms with Gasteiger partial charge >= 0.3 is 5.63 Å². The Morgan fingerprint density at radius 2 is 1.93 bits per heavy atom. The molecular weight excluding hydrogens is 424 g/mol. The topological polar surface area (TPSA) is 77.4 Å². The molecule has 0 saturated heterocycles. The van der Waals surface area contributed by atoms with Crippen molar-refractivity contribution < 1.29 is 13.9 Å². The van der Waals surface area contributed by atoms with E-state index in [9.17, 15) is 10.1 Å². The fourth-order valence-corrected chi connectivity index (χ4v) is 4.08. The summed E-state index contributed by atoms with van der Waals surface area (Å²) in [6, 6.07) is 11.2. The number of aryl methyl sites for hydroxylation is 1. The monoisotopic (exact) mass is 438 g/mol. The minimum absolute atomic E-state index is 0.0538. The second kappa shape index (κ2) is 6.73. The number of fused-ring (bicyclic) bond motifs is 3. The molecule has 4 aromatic rings. The van der Waals surface area contributed by atoms with Crippen LogP contribution in [0.1, 0.15) is 5.56 Å². The third-order valence-electron chi connectivity index (χ3n) is 4.77. The zero-order valence-corrected chi connectivity index (χ0v) is 17.0. The molecule has 0 saturated carbocycles. The first-order valence-corrected chi connectivity index (χ1v) is 9.16. The van der Waals surface area contributed by atoms with Crippen LogP contribution in [-0.2, 0) is 7.05 Å². The van der Waals surface area contributed by atoms with Gasteiger partial charge in [-0.3, -0.25) is 0 Å². The molecule has 2 heterocycles. The number of aromatic nitrogens is 1. The van der Waals surface area contributed by atoms with Gasteiger partial charge in [0, 0.05) is 29.6 Å². The largest absolute Gasteiger partial charge is 0.493 e. The van der Waals surface area contributed by atoms with Crippen molar-refractivity contribution in [1.82, 2.24) is 4.57 Å². The minimum atomic E-state index is -0.674. The number of hydrogen-bond donors (Lipinski definition) is 0. The van der Waals surface area contributed by atoms with Crippen LogP contribution in [0, 0.1) is 11.3 Å². The van der Waals surface area contributed by atoms with Gasteiger partial charge in [0.1, 0.15) is 17.2 Å². The van der Waals surface area contributed by atoms with Crippen LogP contribution < -0.4 is 15.1 Å². The summed E-state index contributed by atoms with van der Waals surface area (Å²) in [6.45, 7) is 0. The van der Waals surface area contributed by atoms with E-state index in [2.05, 4.69) is 15.9 Å². The van der Waals surface area contributed by atoms with Crippen molar-refractivity contribution in [2.75, 3.05) is 14.2 Å². The molecule has 0 N–H and O–H groups in total. The Kier molecular flexibility index (Phi) is 4.36. The quantitative estimate of drug-likeness (QED) is 0.436. The van der Waals surface area contributed by atoms with E-state index in [-0.39, 0.29) is 5.56 Å². The van der Waals surface area contributed by atoms with Crippen molar-refractivity contribution >= 4 is 37.8 Å². The summed E-state index contributed by atoms with van der Waals surface area (Å²) in [5.74, 6) is 1.01. The number of hydrogen-bond acceptors (Lipinski definition) is 5. The van der Waals surface area contributed by atoms with Crippen LogP contribution in [0.5, 0.6) is 11.5 Å². The molecule has 0 radical (unpaired) electrons. The average Bonchev–Trinajstić information content (AvgIpc) is 3.07. The fourth-order valence-electron chi connectivity index (χ4n) is 3.48. The lowest BCUT2D eigenvalue weighted by atomic mass is 9.96. The normalized spacial score (nSPS) is 11.0. The van der Waals surface area contributed by atoms with E-state index in [1.807, 2.05) is 42.1 Å². The molecule has 2 aromatic heterocycles. The van der Waals surface area contributed by atoms with Gasteiger partial charge < -0.3 is 18.5 Å². The summed E-state index contributed by atoms with van der Waals surface area (Å²) in [6.07, 6.45) is 1.90. The molecule has 0 unspecified atom stereocenters. The van der Waals surface area contributed by atoms with Gasteiger partial charge in [0.2, 0.25) is 0 Å². The predicted molar refractivity (Wildman–Crippen MR) is 110 cm³/mol. The zero-order valence-electron chi connectivity index (χ0n) is 15.4. The van der Waals surface area contributed by atoms with Crippen LogP contribution in [0.25, 0.3) is 33.0 Å². The smallest absolute Gasteiger partial charge is 0.354 e. The number of halogens is 1. The number of rotatable bonds is 3. The van der Waals surface area contributed by atoms with Gasteiger partial charge in [-0.2, -0.15) is 5.26 Å². The number of methoxy groups -OCH3 is 2. The number of nitrogens with zero attached hydrogens (tertiary/aromatic N) is 2. The highest BCUT2D eigenvalue weighted by Gasteiger charge is 2.21. The molecule has 0 spiro atoms. The van der Waals surface area contributed by atoms with Crippen molar-refractivity contribution in [2.45, 2.75) is 0 Å². The first-order valence-electron chi connectivity index (χ1n) is 8.37. The first kappa shape index (κ1) is 18.1. The highest BCUT2D eigenvalue weighted by atomic mass is 79.9. The van der Waals surface area contributed by atoms with Gasteiger partial charge in [-0.05, 0) is 51.8 Å². The summed E-state index contributed by atoms with van der Waals surface area (Å²) in [7, 11) is 4.99. The SMILES string of the molecule is COc1cc(-c2c(C#N)c(=O)oc3c2ccc2c3ccn2C)cc(Br)c1OC. The Labute approximate surface area is 168 Å². The maximum atomic E-state index is 12.6. The molecular formula is C21H15BrN2O4. The molecule has 7 heteroatoms. The van der Waals surface area contributed by atoms with Crippen LogP contribution in [0.15, 0.2) is 50.2 Å². The van der Waals surface area contributed by atoms with Gasteiger partial charge in [-0.25, -0.2) is 4.79 Å². The van der Waals surface area contributed by atoms with Crippen LogP contribution >= 0.6 is 15.9 Å². The standard InChI is InChI=1S/C21H15BrN2O4/c1-24-7-6-12-16(24)5-4-13-18(14(10-23)21(25)28-19(12)13)11-8-15(22)20(27-3)17(9-11)26-2/h4-9H,1-3H3. The summed E-state index contributed by atoms with van der Waals surface area (Å²) in [4.78, 5) is 12.6. The summed E-state index contributed by atoms with van der Waals surface area (Å²) < 4.78 is 18.9. The van der Waals surface area contributed by atoms with Gasteiger partial charge in [0.25, 0.3) is 0 Å². The highest BCUT2D eigenvalue weighted by Crippen LogP contribution is 2.42. The van der Waals surface area contributed by atoms with Crippen LogP contribution in [0.3, 0.4) is 0 Å². The Morgan fingerprint density at radius 3 is 2.61 bits per heavy atom. The minimum Gasteiger partial charge on any atom is -0.493 e. The molecule has 6 nitrogen and oxygen atoms in total. The van der Waals surface area contributed by atoms with Gasteiger partial charge in [-0.15, -0.1) is 0 Å². The molecule has 0 bridgehead atoms. The first-order chi connectivity index (χ1) is 13.5. The molecule has 0 aliphatic rings. The molecule has 4 rings (SSSR count). The summed E-state index contributed by atoms with van der Waals surface area (Å²) >= 11 is 3.48. The Balaban J connectivity index is 2.17. The number of nitriles is 1. The Morgan fingerprint density at radius 1 is 1.14 bits per heavy atom. The van der Waals surface area contributed by atoms with E-state index in [0.29, 0.717) is 38.1 Å². The Hall–Kier alpha value is -3.24. The van der Waals surface area contributed by atoms with E-state index in [4.69, 9.17) is 13.9 Å². The molecule has 28 heavy (non-hydrogen) atoms. The molecule has 140 valence electrons. The van der Waals surface area contributed by atoms with Crippen molar-refractivity contribution in [2.24, 2.45) is 7.05 Å². The van der Waals surface area contributed by atoms with Crippen LogP contribution in [0.4, 0.5) is 0 Å². The fraction of sp³-hybridized carbons (Fsp3) is 0.143. The lowest BCUT2D eigenvalue weighted by Gasteiger charge is -2.14. The second-order valence-electron chi connectivity index (χ2n) is 6.25. The van der Waals surface area contributed by atoms with E-state index in [0.717, 1.165) is 10.9 Å². The van der Waals surface area contributed by atoms with E-state index in [1.54, 1.807) is 19.2 Å².